The van der Waals surface area contributed by atoms with Gasteiger partial charge >= 0.3 is 0 Å². The molecule has 2 aliphatic rings. The van der Waals surface area contributed by atoms with Crippen molar-refractivity contribution < 1.29 is 9.53 Å². The number of carbonyl (C=O) groups is 1. The van der Waals surface area contributed by atoms with Gasteiger partial charge in [-0.3, -0.25) is 4.79 Å². The summed E-state index contributed by atoms with van der Waals surface area (Å²) in [5, 5.41) is 2.93. The monoisotopic (exact) mass is 181 g/mol. The Morgan fingerprint density at radius 2 is 2.46 bits per heavy atom. The predicted molar refractivity (Wildman–Crippen MR) is 49.0 cm³/mol. The molecule has 1 fully saturated rings. The summed E-state index contributed by atoms with van der Waals surface area (Å²) < 4.78 is 5.10. The topological polar surface area (TPSA) is 38.3 Å². The first-order chi connectivity index (χ1) is 6.36. The Balaban J connectivity index is 1.77. The summed E-state index contributed by atoms with van der Waals surface area (Å²) in [6.07, 6.45) is 5.97. The van der Waals surface area contributed by atoms with Crippen LogP contribution in [0, 0.1) is 5.92 Å². The Morgan fingerprint density at radius 1 is 1.62 bits per heavy atom. The van der Waals surface area contributed by atoms with Gasteiger partial charge in [-0.15, -0.1) is 0 Å². The molecule has 3 nitrogen and oxygen atoms in total. The summed E-state index contributed by atoms with van der Waals surface area (Å²) in [6.45, 7) is 1.59. The average molecular weight is 181 g/mol. The number of amides is 1. The van der Waals surface area contributed by atoms with Gasteiger partial charge in [0.15, 0.2) is 0 Å². The number of hydrogen-bond acceptors (Lipinski definition) is 2. The Kier molecular flexibility index (Phi) is 2.52. The summed E-state index contributed by atoms with van der Waals surface area (Å²) >= 11 is 0. The smallest absolute Gasteiger partial charge is 0.250 e. The average Bonchev–Trinajstić information content (AvgIpc) is 2.99. The van der Waals surface area contributed by atoms with E-state index >= 15 is 0 Å². The molecule has 1 saturated carbocycles. The van der Waals surface area contributed by atoms with Crippen LogP contribution in [0.4, 0.5) is 0 Å². The van der Waals surface area contributed by atoms with E-state index < -0.39 is 0 Å². The molecule has 2 rings (SSSR count). The molecule has 0 atom stereocenters. The number of rotatable bonds is 3. The number of hydrogen-bond donors (Lipinski definition) is 1. The van der Waals surface area contributed by atoms with Gasteiger partial charge in [0, 0.05) is 6.54 Å². The molecule has 1 aliphatic heterocycles. The molecule has 1 heterocycles. The van der Waals surface area contributed by atoms with Gasteiger partial charge in [-0.25, -0.2) is 0 Å². The highest BCUT2D eigenvalue weighted by Gasteiger charge is 2.22. The second-order valence-electron chi connectivity index (χ2n) is 3.77. The molecule has 0 aromatic rings. The van der Waals surface area contributed by atoms with Crippen molar-refractivity contribution in [3.8, 4) is 0 Å². The molecule has 1 N–H and O–H groups in total. The molecular weight excluding hydrogens is 166 g/mol. The maximum absolute atomic E-state index is 11.5. The van der Waals surface area contributed by atoms with E-state index in [1.54, 1.807) is 6.26 Å². The maximum Gasteiger partial charge on any atom is 0.250 e. The van der Waals surface area contributed by atoms with Crippen molar-refractivity contribution in [3.05, 3.63) is 11.8 Å². The Morgan fingerprint density at radius 3 is 3.08 bits per heavy atom. The SMILES string of the molecule is O=C(NCC1CC1)C1=COCCC1. The lowest BCUT2D eigenvalue weighted by atomic mass is 10.1. The van der Waals surface area contributed by atoms with Crippen molar-refractivity contribution in [2.24, 2.45) is 5.92 Å². The van der Waals surface area contributed by atoms with E-state index in [4.69, 9.17) is 4.74 Å². The largest absolute Gasteiger partial charge is 0.501 e. The van der Waals surface area contributed by atoms with Crippen LogP contribution >= 0.6 is 0 Å². The molecule has 72 valence electrons. The molecule has 0 saturated heterocycles. The lowest BCUT2D eigenvalue weighted by Gasteiger charge is -2.13. The third-order valence-electron chi connectivity index (χ3n) is 2.47. The Labute approximate surface area is 78.1 Å². The lowest BCUT2D eigenvalue weighted by molar-refractivity contribution is -0.118. The molecule has 0 aromatic heterocycles. The van der Waals surface area contributed by atoms with E-state index in [-0.39, 0.29) is 5.91 Å². The van der Waals surface area contributed by atoms with E-state index in [9.17, 15) is 4.79 Å². The first kappa shape index (κ1) is 8.60. The normalized spacial score (nSPS) is 21.7. The molecule has 1 aliphatic carbocycles. The number of nitrogens with one attached hydrogen (secondary N) is 1. The Bertz CT molecular complexity index is 231. The van der Waals surface area contributed by atoms with Crippen LogP contribution in [0.15, 0.2) is 11.8 Å². The minimum atomic E-state index is 0.0617. The van der Waals surface area contributed by atoms with E-state index in [1.165, 1.54) is 12.8 Å². The molecule has 13 heavy (non-hydrogen) atoms. The van der Waals surface area contributed by atoms with Crippen molar-refractivity contribution >= 4 is 5.91 Å². The molecular formula is C10H15NO2. The van der Waals surface area contributed by atoms with Gasteiger partial charge in [0.25, 0.3) is 0 Å². The zero-order chi connectivity index (χ0) is 9.10. The summed E-state index contributed by atoms with van der Waals surface area (Å²) in [5.41, 5.74) is 0.798. The summed E-state index contributed by atoms with van der Waals surface area (Å²) in [6, 6.07) is 0. The number of carbonyl (C=O) groups excluding carboxylic acids is 1. The molecule has 0 radical (unpaired) electrons. The minimum absolute atomic E-state index is 0.0617. The molecule has 0 spiro atoms. The maximum atomic E-state index is 11.5. The van der Waals surface area contributed by atoms with Crippen LogP contribution in [0.5, 0.6) is 0 Å². The highest BCUT2D eigenvalue weighted by Crippen LogP contribution is 2.27. The van der Waals surface area contributed by atoms with Gasteiger partial charge in [-0.2, -0.15) is 0 Å². The first-order valence-corrected chi connectivity index (χ1v) is 4.95. The van der Waals surface area contributed by atoms with Crippen molar-refractivity contribution in [3.63, 3.8) is 0 Å². The molecule has 3 heteroatoms. The third-order valence-corrected chi connectivity index (χ3v) is 2.47. The zero-order valence-electron chi connectivity index (χ0n) is 7.71. The van der Waals surface area contributed by atoms with Crippen molar-refractivity contribution in [1.29, 1.82) is 0 Å². The predicted octanol–water partition coefficient (Wildman–Crippen LogP) is 1.21. The number of ether oxygens (including phenoxy) is 1. The van der Waals surface area contributed by atoms with E-state index in [0.717, 1.165) is 37.5 Å². The van der Waals surface area contributed by atoms with Crippen LogP contribution in [0.2, 0.25) is 0 Å². The zero-order valence-corrected chi connectivity index (χ0v) is 7.71. The van der Waals surface area contributed by atoms with Gasteiger partial charge in [-0.05, 0) is 31.6 Å². The van der Waals surface area contributed by atoms with Gasteiger partial charge in [-0.1, -0.05) is 0 Å². The highest BCUT2D eigenvalue weighted by atomic mass is 16.5. The lowest BCUT2D eigenvalue weighted by Crippen LogP contribution is -2.28. The summed E-state index contributed by atoms with van der Waals surface area (Å²) in [7, 11) is 0. The van der Waals surface area contributed by atoms with Crippen LogP contribution in [0.3, 0.4) is 0 Å². The van der Waals surface area contributed by atoms with Gasteiger partial charge < -0.3 is 10.1 Å². The van der Waals surface area contributed by atoms with Crippen molar-refractivity contribution in [2.75, 3.05) is 13.2 Å². The van der Waals surface area contributed by atoms with Gasteiger partial charge in [0.2, 0.25) is 5.91 Å². The van der Waals surface area contributed by atoms with Crippen molar-refractivity contribution in [1.82, 2.24) is 5.32 Å². The van der Waals surface area contributed by atoms with Crippen molar-refractivity contribution in [2.45, 2.75) is 25.7 Å². The van der Waals surface area contributed by atoms with Crippen LogP contribution in [-0.4, -0.2) is 19.1 Å². The fraction of sp³-hybridized carbons (Fsp3) is 0.700. The standard InChI is InChI=1S/C10H15NO2/c12-10(11-6-8-3-4-8)9-2-1-5-13-7-9/h7-8H,1-6H2,(H,11,12). The molecule has 0 unspecified atom stereocenters. The Hall–Kier alpha value is -0.990. The molecule has 0 aromatic carbocycles. The first-order valence-electron chi connectivity index (χ1n) is 4.95. The molecule has 1 amide bonds. The van der Waals surface area contributed by atoms with E-state index in [1.807, 2.05) is 0 Å². The van der Waals surface area contributed by atoms with Crippen LogP contribution in [0.25, 0.3) is 0 Å². The summed E-state index contributed by atoms with van der Waals surface area (Å²) in [5.74, 6) is 0.806. The highest BCUT2D eigenvalue weighted by molar-refractivity contribution is 5.93. The second kappa shape index (κ2) is 3.81. The van der Waals surface area contributed by atoms with Crippen LogP contribution in [-0.2, 0) is 9.53 Å². The summed E-state index contributed by atoms with van der Waals surface area (Å²) in [4.78, 5) is 11.5. The van der Waals surface area contributed by atoms with E-state index in [0.29, 0.717) is 0 Å². The van der Waals surface area contributed by atoms with Crippen LogP contribution in [0.1, 0.15) is 25.7 Å². The second-order valence-corrected chi connectivity index (χ2v) is 3.77. The fourth-order valence-corrected chi connectivity index (χ4v) is 1.40. The molecule has 0 bridgehead atoms. The van der Waals surface area contributed by atoms with E-state index in [2.05, 4.69) is 5.32 Å². The van der Waals surface area contributed by atoms with Crippen LogP contribution < -0.4 is 5.32 Å². The van der Waals surface area contributed by atoms with Gasteiger partial charge in [0.05, 0.1) is 18.4 Å². The van der Waals surface area contributed by atoms with Gasteiger partial charge in [0.1, 0.15) is 0 Å². The minimum Gasteiger partial charge on any atom is -0.501 e. The quantitative estimate of drug-likeness (QED) is 0.710. The third kappa shape index (κ3) is 2.47. The fourth-order valence-electron chi connectivity index (χ4n) is 1.40.